The monoisotopic (exact) mass is 342 g/mol. The molecule has 25 heavy (non-hydrogen) atoms. The molecule has 1 heterocycles. The van der Waals surface area contributed by atoms with Gasteiger partial charge in [-0.1, -0.05) is 20.3 Å². The number of aryl methyl sites for hydroxylation is 1. The van der Waals surface area contributed by atoms with Crippen molar-refractivity contribution in [3.63, 3.8) is 0 Å². The van der Waals surface area contributed by atoms with E-state index in [1.54, 1.807) is 6.07 Å². The van der Waals surface area contributed by atoms with Crippen LogP contribution in [0.25, 0.3) is 10.9 Å². The Morgan fingerprint density at radius 2 is 2.20 bits per heavy atom. The Bertz CT molecular complexity index is 779. The predicted molar refractivity (Wildman–Crippen MR) is 97.7 cm³/mol. The largest absolute Gasteiger partial charge is 0.452 e. The fourth-order valence-electron chi connectivity index (χ4n) is 3.39. The molecule has 1 atom stereocenters. The fourth-order valence-corrected chi connectivity index (χ4v) is 3.39. The minimum Gasteiger partial charge on any atom is -0.452 e. The van der Waals surface area contributed by atoms with Crippen molar-refractivity contribution in [3.8, 4) is 0 Å². The van der Waals surface area contributed by atoms with Crippen LogP contribution in [-0.4, -0.2) is 30.0 Å². The van der Waals surface area contributed by atoms with Crippen LogP contribution < -0.4 is 5.32 Å². The van der Waals surface area contributed by atoms with Crippen LogP contribution in [-0.2, 0) is 22.4 Å². The van der Waals surface area contributed by atoms with Gasteiger partial charge in [0.25, 0.3) is 5.91 Å². The number of carbonyl (C=O) groups is 2. The van der Waals surface area contributed by atoms with E-state index >= 15 is 0 Å². The van der Waals surface area contributed by atoms with Crippen LogP contribution >= 0.6 is 0 Å². The second-order valence-corrected chi connectivity index (χ2v) is 6.97. The number of aromatic nitrogens is 1. The lowest BCUT2D eigenvalue weighted by Crippen LogP contribution is -2.29. The summed E-state index contributed by atoms with van der Waals surface area (Å²) in [6.45, 7) is 4.70. The van der Waals surface area contributed by atoms with Gasteiger partial charge < -0.3 is 15.0 Å². The third-order valence-corrected chi connectivity index (χ3v) is 4.86. The van der Waals surface area contributed by atoms with Crippen LogP contribution in [0.4, 0.5) is 0 Å². The lowest BCUT2D eigenvalue weighted by molar-refractivity contribution is -0.124. The van der Waals surface area contributed by atoms with Crippen LogP contribution in [0.3, 0.4) is 0 Å². The Balaban J connectivity index is 1.68. The second kappa shape index (κ2) is 7.72. The minimum atomic E-state index is -0.452. The van der Waals surface area contributed by atoms with E-state index in [9.17, 15) is 9.59 Å². The van der Waals surface area contributed by atoms with E-state index in [-0.39, 0.29) is 12.5 Å². The van der Waals surface area contributed by atoms with Gasteiger partial charge in [0.05, 0.1) is 5.56 Å². The van der Waals surface area contributed by atoms with Crippen LogP contribution in [0.15, 0.2) is 18.2 Å². The molecule has 0 radical (unpaired) electrons. The lowest BCUT2D eigenvalue weighted by atomic mass is 9.87. The van der Waals surface area contributed by atoms with Crippen molar-refractivity contribution in [3.05, 3.63) is 35.0 Å². The summed E-state index contributed by atoms with van der Waals surface area (Å²) in [7, 11) is 0. The van der Waals surface area contributed by atoms with Gasteiger partial charge in [-0.05, 0) is 55.4 Å². The van der Waals surface area contributed by atoms with Gasteiger partial charge in [0.2, 0.25) is 0 Å². The Kier molecular flexibility index (Phi) is 5.41. The number of carbonyl (C=O) groups excluding carboxylic acids is 2. The van der Waals surface area contributed by atoms with E-state index in [4.69, 9.17) is 4.74 Å². The number of ether oxygens (including phenoxy) is 1. The molecule has 2 aromatic rings. The molecule has 5 heteroatoms. The number of amides is 1. The highest BCUT2D eigenvalue weighted by molar-refractivity contribution is 5.97. The molecule has 1 amide bonds. The first kappa shape index (κ1) is 17.5. The van der Waals surface area contributed by atoms with E-state index < -0.39 is 5.97 Å². The molecule has 0 fully saturated rings. The van der Waals surface area contributed by atoms with Crippen LogP contribution in [0, 0.1) is 5.92 Å². The third kappa shape index (κ3) is 4.03. The van der Waals surface area contributed by atoms with Gasteiger partial charge in [0, 0.05) is 23.1 Å². The lowest BCUT2D eigenvalue weighted by Gasteiger charge is -2.18. The maximum absolute atomic E-state index is 12.3. The van der Waals surface area contributed by atoms with E-state index in [1.165, 1.54) is 17.7 Å². The molecule has 5 nitrogen and oxygen atoms in total. The van der Waals surface area contributed by atoms with E-state index in [2.05, 4.69) is 24.1 Å². The molecule has 1 aromatic carbocycles. The summed E-state index contributed by atoms with van der Waals surface area (Å²) in [5.74, 6) is -0.0454. The first-order valence-corrected chi connectivity index (χ1v) is 9.15. The number of rotatable bonds is 6. The van der Waals surface area contributed by atoms with Crippen molar-refractivity contribution in [2.45, 2.75) is 46.0 Å². The molecule has 2 N–H and O–H groups in total. The first-order valence-electron chi connectivity index (χ1n) is 9.15. The van der Waals surface area contributed by atoms with Gasteiger partial charge in [0.15, 0.2) is 6.61 Å². The Morgan fingerprint density at radius 3 is 3.00 bits per heavy atom. The van der Waals surface area contributed by atoms with Gasteiger partial charge in [-0.2, -0.15) is 0 Å². The maximum atomic E-state index is 12.3. The first-order chi connectivity index (χ1) is 12.1. The molecule has 3 rings (SSSR count). The normalized spacial score (nSPS) is 16.5. The number of nitrogens with one attached hydrogen (secondary N) is 2. The molecule has 1 aliphatic rings. The maximum Gasteiger partial charge on any atom is 0.338 e. The summed E-state index contributed by atoms with van der Waals surface area (Å²) in [4.78, 5) is 27.4. The average molecular weight is 342 g/mol. The Morgan fingerprint density at radius 1 is 1.36 bits per heavy atom. The number of unbranched alkanes of at least 4 members (excludes halogenated alkanes) is 1. The zero-order chi connectivity index (χ0) is 17.8. The van der Waals surface area contributed by atoms with Gasteiger partial charge in [-0.3, -0.25) is 4.79 Å². The third-order valence-electron chi connectivity index (χ3n) is 4.86. The summed E-state index contributed by atoms with van der Waals surface area (Å²) in [6.07, 6.45) is 5.23. The molecule has 0 aliphatic heterocycles. The van der Waals surface area contributed by atoms with Gasteiger partial charge in [-0.25, -0.2) is 4.79 Å². The highest BCUT2D eigenvalue weighted by Crippen LogP contribution is 2.32. The molecule has 0 spiro atoms. The molecule has 0 bridgehead atoms. The number of benzene rings is 1. The zero-order valence-corrected chi connectivity index (χ0v) is 15.0. The highest BCUT2D eigenvalue weighted by Gasteiger charge is 2.21. The molecule has 1 aliphatic carbocycles. The van der Waals surface area contributed by atoms with Crippen molar-refractivity contribution in [2.75, 3.05) is 13.2 Å². The molecule has 0 saturated heterocycles. The van der Waals surface area contributed by atoms with Crippen LogP contribution in [0.5, 0.6) is 0 Å². The SMILES string of the molecule is CCCCNC(=O)COC(=O)c1ccc2[nH]c3c(c2c1)CC(C)CC3. The standard InChI is InChI=1S/C20H26N2O3/c1-3-4-9-21-19(23)12-25-20(24)14-6-8-18-16(11-14)15-10-13(2)5-7-17(15)22-18/h6,8,11,13,22H,3-5,7,9-10,12H2,1-2H3,(H,21,23). The number of aromatic amines is 1. The van der Waals surface area contributed by atoms with Crippen molar-refractivity contribution in [1.29, 1.82) is 0 Å². The van der Waals surface area contributed by atoms with E-state index in [0.717, 1.165) is 36.6 Å². The van der Waals surface area contributed by atoms with Crippen molar-refractivity contribution < 1.29 is 14.3 Å². The number of hydrogen-bond acceptors (Lipinski definition) is 3. The van der Waals surface area contributed by atoms with Crippen LogP contribution in [0.2, 0.25) is 0 Å². The van der Waals surface area contributed by atoms with Crippen molar-refractivity contribution in [2.24, 2.45) is 5.92 Å². The number of hydrogen-bond donors (Lipinski definition) is 2. The molecule has 1 unspecified atom stereocenters. The number of esters is 1. The van der Waals surface area contributed by atoms with Crippen LogP contribution in [0.1, 0.15) is 54.7 Å². The van der Waals surface area contributed by atoms with Crippen molar-refractivity contribution >= 4 is 22.8 Å². The van der Waals surface area contributed by atoms with Gasteiger partial charge in [0.1, 0.15) is 0 Å². The van der Waals surface area contributed by atoms with Crippen molar-refractivity contribution in [1.82, 2.24) is 10.3 Å². The predicted octanol–water partition coefficient (Wildman–Crippen LogP) is 3.37. The number of H-pyrrole nitrogens is 1. The average Bonchev–Trinajstić information content (AvgIpc) is 2.97. The Labute approximate surface area is 148 Å². The fraction of sp³-hybridized carbons (Fsp3) is 0.500. The van der Waals surface area contributed by atoms with E-state index in [0.29, 0.717) is 18.0 Å². The van der Waals surface area contributed by atoms with Gasteiger partial charge >= 0.3 is 5.97 Å². The Hall–Kier alpha value is -2.30. The summed E-state index contributed by atoms with van der Waals surface area (Å²) in [5, 5.41) is 3.84. The zero-order valence-electron chi connectivity index (χ0n) is 15.0. The summed E-state index contributed by atoms with van der Waals surface area (Å²) in [6, 6.07) is 5.57. The molecular formula is C20H26N2O3. The highest BCUT2D eigenvalue weighted by atomic mass is 16.5. The summed E-state index contributed by atoms with van der Waals surface area (Å²) in [5.41, 5.74) is 4.16. The quantitative estimate of drug-likeness (QED) is 0.624. The molecule has 0 saturated carbocycles. The van der Waals surface area contributed by atoms with Gasteiger partial charge in [-0.15, -0.1) is 0 Å². The topological polar surface area (TPSA) is 71.2 Å². The summed E-state index contributed by atoms with van der Waals surface area (Å²) >= 11 is 0. The minimum absolute atomic E-state index is 0.233. The second-order valence-electron chi connectivity index (χ2n) is 6.97. The smallest absolute Gasteiger partial charge is 0.338 e. The molecule has 134 valence electrons. The van der Waals surface area contributed by atoms with E-state index in [1.807, 2.05) is 12.1 Å². The molecular weight excluding hydrogens is 316 g/mol. The number of fused-ring (bicyclic) bond motifs is 3. The summed E-state index contributed by atoms with van der Waals surface area (Å²) < 4.78 is 5.15. The molecule has 1 aromatic heterocycles.